The van der Waals surface area contributed by atoms with E-state index in [0.717, 1.165) is 0 Å². The van der Waals surface area contributed by atoms with Crippen LogP contribution in [0.5, 0.6) is 0 Å². The van der Waals surface area contributed by atoms with Crippen LogP contribution >= 0.6 is 0 Å². The first-order valence-corrected chi connectivity index (χ1v) is 6.86. The molecule has 7 nitrogen and oxygen atoms in total. The summed E-state index contributed by atoms with van der Waals surface area (Å²) in [6.07, 6.45) is -0.567. The average molecular weight is 304 g/mol. The Morgan fingerprint density at radius 1 is 1.27 bits per heavy atom. The zero-order valence-corrected chi connectivity index (χ0v) is 12.3. The minimum Gasteiger partial charge on any atom is -0.469 e. The van der Waals surface area contributed by atoms with Crippen LogP contribution in [0.1, 0.15) is 5.56 Å². The largest absolute Gasteiger partial charge is 0.469 e. The van der Waals surface area contributed by atoms with E-state index in [4.69, 9.17) is 9.47 Å². The number of hydrogen-bond donors (Lipinski definition) is 1. The number of carbonyl (C=O) groups excluding carboxylic acids is 3. The molecule has 0 radical (unpaired) electrons. The van der Waals surface area contributed by atoms with Crippen molar-refractivity contribution in [1.29, 1.82) is 0 Å². The highest BCUT2D eigenvalue weighted by Gasteiger charge is 2.61. The third-order valence-electron chi connectivity index (χ3n) is 4.42. The summed E-state index contributed by atoms with van der Waals surface area (Å²) in [5.41, 5.74) is 0.243. The minimum atomic E-state index is -1.13. The number of hydrogen-bond acceptors (Lipinski definition) is 5. The maximum atomic E-state index is 12.6. The summed E-state index contributed by atoms with van der Waals surface area (Å²) < 4.78 is 9.57. The second-order valence-corrected chi connectivity index (χ2v) is 5.40. The number of para-hydroxylation sites is 1. The van der Waals surface area contributed by atoms with Crippen LogP contribution in [-0.4, -0.2) is 50.2 Å². The molecule has 2 aliphatic rings. The van der Waals surface area contributed by atoms with Gasteiger partial charge in [0.15, 0.2) is 0 Å². The number of methoxy groups -OCH3 is 2. The number of nitrogens with zero attached hydrogens (tertiary/aromatic N) is 1. The summed E-state index contributed by atoms with van der Waals surface area (Å²) >= 11 is 0. The van der Waals surface area contributed by atoms with E-state index in [0.29, 0.717) is 11.3 Å². The molecule has 0 saturated carbocycles. The lowest BCUT2D eigenvalue weighted by Gasteiger charge is -2.26. The van der Waals surface area contributed by atoms with Crippen LogP contribution in [0.3, 0.4) is 0 Å². The summed E-state index contributed by atoms with van der Waals surface area (Å²) in [5.74, 6) is -1.57. The van der Waals surface area contributed by atoms with Gasteiger partial charge in [0.1, 0.15) is 5.41 Å². The molecular weight excluding hydrogens is 288 g/mol. The van der Waals surface area contributed by atoms with Crippen molar-refractivity contribution in [2.75, 3.05) is 32.6 Å². The van der Waals surface area contributed by atoms with Crippen molar-refractivity contribution in [3.8, 4) is 0 Å². The van der Waals surface area contributed by atoms with Gasteiger partial charge in [-0.25, -0.2) is 4.79 Å². The molecule has 1 aromatic carbocycles. The lowest BCUT2D eigenvalue weighted by molar-refractivity contribution is -0.148. The average Bonchev–Trinajstić information content (AvgIpc) is 3.07. The highest BCUT2D eigenvalue weighted by Crippen LogP contribution is 2.47. The molecule has 3 rings (SSSR count). The van der Waals surface area contributed by atoms with Crippen LogP contribution in [0.4, 0.5) is 10.5 Å². The molecule has 1 N–H and O–H groups in total. The van der Waals surface area contributed by atoms with E-state index in [1.807, 2.05) is 0 Å². The fraction of sp³-hybridized carbons (Fsp3) is 0.400. The molecule has 2 unspecified atom stereocenters. The Bertz CT molecular complexity index is 659. The topological polar surface area (TPSA) is 84.9 Å². The monoisotopic (exact) mass is 304 g/mol. The number of benzene rings is 1. The highest BCUT2D eigenvalue weighted by molar-refractivity contribution is 6.09. The lowest BCUT2D eigenvalue weighted by atomic mass is 9.73. The smallest absolute Gasteiger partial charge is 0.409 e. The van der Waals surface area contributed by atoms with Gasteiger partial charge in [0, 0.05) is 18.8 Å². The number of rotatable bonds is 1. The van der Waals surface area contributed by atoms with Gasteiger partial charge >= 0.3 is 12.1 Å². The first-order valence-electron chi connectivity index (χ1n) is 6.86. The Balaban J connectivity index is 2.11. The summed E-state index contributed by atoms with van der Waals surface area (Å²) in [7, 11) is 2.54. The third-order valence-corrected chi connectivity index (χ3v) is 4.42. The molecule has 116 valence electrons. The van der Waals surface area contributed by atoms with Gasteiger partial charge in [-0.2, -0.15) is 0 Å². The third kappa shape index (κ3) is 1.78. The SMILES string of the molecule is COC(=O)C1CN(C(=O)OC)CC12C(=O)Nc1ccccc12. The molecular formula is C15H16N2O5. The molecule has 2 amide bonds. The van der Waals surface area contributed by atoms with Crippen LogP contribution in [0.15, 0.2) is 24.3 Å². The number of carbonyl (C=O) groups is 3. The van der Waals surface area contributed by atoms with Crippen LogP contribution in [-0.2, 0) is 24.5 Å². The number of likely N-dealkylation sites (tertiary alicyclic amines) is 1. The maximum absolute atomic E-state index is 12.6. The molecule has 0 aromatic heterocycles. The molecule has 1 saturated heterocycles. The van der Waals surface area contributed by atoms with E-state index in [2.05, 4.69) is 5.32 Å². The van der Waals surface area contributed by atoms with Gasteiger partial charge in [-0.1, -0.05) is 18.2 Å². The van der Waals surface area contributed by atoms with Crippen LogP contribution in [0.25, 0.3) is 0 Å². The van der Waals surface area contributed by atoms with Crippen molar-refractivity contribution < 1.29 is 23.9 Å². The molecule has 0 aliphatic carbocycles. The van der Waals surface area contributed by atoms with Crippen molar-refractivity contribution in [2.24, 2.45) is 5.92 Å². The fourth-order valence-corrected chi connectivity index (χ4v) is 3.38. The Morgan fingerprint density at radius 3 is 2.68 bits per heavy atom. The summed E-state index contributed by atoms with van der Waals surface area (Å²) in [6, 6.07) is 7.18. The normalized spacial score (nSPS) is 25.8. The number of anilines is 1. The van der Waals surface area contributed by atoms with Crippen LogP contribution in [0.2, 0.25) is 0 Å². The quantitative estimate of drug-likeness (QED) is 0.774. The molecule has 2 aliphatic heterocycles. The van der Waals surface area contributed by atoms with Crippen molar-refractivity contribution in [3.63, 3.8) is 0 Å². The summed E-state index contributed by atoms with van der Waals surface area (Å²) in [5, 5.41) is 2.79. The second kappa shape index (κ2) is 5.01. The van der Waals surface area contributed by atoms with E-state index in [9.17, 15) is 14.4 Å². The van der Waals surface area contributed by atoms with Gasteiger partial charge in [0.2, 0.25) is 5.91 Å². The maximum Gasteiger partial charge on any atom is 0.409 e. The van der Waals surface area contributed by atoms with Gasteiger partial charge < -0.3 is 19.7 Å². The lowest BCUT2D eigenvalue weighted by Crippen LogP contribution is -2.45. The zero-order valence-electron chi connectivity index (χ0n) is 12.3. The van der Waals surface area contributed by atoms with Gasteiger partial charge in [0.25, 0.3) is 0 Å². The molecule has 1 aromatic rings. The molecule has 22 heavy (non-hydrogen) atoms. The summed E-state index contributed by atoms with van der Waals surface area (Å²) in [6.45, 7) is 0.170. The second-order valence-electron chi connectivity index (χ2n) is 5.40. The first-order chi connectivity index (χ1) is 10.5. The highest BCUT2D eigenvalue weighted by atomic mass is 16.5. The van der Waals surface area contributed by atoms with E-state index in [1.165, 1.54) is 19.1 Å². The predicted octanol–water partition coefficient (Wildman–Crippen LogP) is 0.748. The minimum absolute atomic E-state index is 0.0844. The number of nitrogens with one attached hydrogen (secondary N) is 1. The molecule has 0 bridgehead atoms. The van der Waals surface area contributed by atoms with Crippen molar-refractivity contribution >= 4 is 23.7 Å². The Labute approximate surface area is 127 Å². The fourth-order valence-electron chi connectivity index (χ4n) is 3.38. The Kier molecular flexibility index (Phi) is 3.27. The number of fused-ring (bicyclic) bond motifs is 2. The number of ether oxygens (including phenoxy) is 2. The van der Waals surface area contributed by atoms with Crippen LogP contribution < -0.4 is 5.32 Å². The Hall–Kier alpha value is -2.57. The first kappa shape index (κ1) is 14.4. The Morgan fingerprint density at radius 2 is 2.00 bits per heavy atom. The van der Waals surface area contributed by atoms with E-state index < -0.39 is 23.4 Å². The van der Waals surface area contributed by atoms with Gasteiger partial charge in [-0.15, -0.1) is 0 Å². The zero-order chi connectivity index (χ0) is 15.9. The predicted molar refractivity (Wildman–Crippen MR) is 76.2 cm³/mol. The molecule has 2 heterocycles. The van der Waals surface area contributed by atoms with Gasteiger partial charge in [-0.3, -0.25) is 9.59 Å². The molecule has 1 spiro atoms. The number of esters is 1. The van der Waals surface area contributed by atoms with Crippen molar-refractivity contribution in [3.05, 3.63) is 29.8 Å². The van der Waals surface area contributed by atoms with Crippen molar-refractivity contribution in [1.82, 2.24) is 4.90 Å². The molecule has 7 heteroatoms. The van der Waals surface area contributed by atoms with Gasteiger partial charge in [0.05, 0.1) is 20.1 Å². The standard InChI is InChI=1S/C15H16N2O5/c1-21-12(18)10-7-17(14(20)22-2)8-15(10)9-5-3-4-6-11(9)16-13(15)19/h3-6,10H,7-8H2,1-2H3,(H,16,19). The molecule has 2 atom stereocenters. The van der Waals surface area contributed by atoms with E-state index >= 15 is 0 Å². The van der Waals surface area contributed by atoms with E-state index in [-0.39, 0.29) is 19.0 Å². The number of amides is 2. The van der Waals surface area contributed by atoms with Crippen LogP contribution in [0, 0.1) is 5.92 Å². The summed E-state index contributed by atoms with van der Waals surface area (Å²) in [4.78, 5) is 38.1. The van der Waals surface area contributed by atoms with Gasteiger partial charge in [-0.05, 0) is 11.6 Å². The molecule has 1 fully saturated rings. The van der Waals surface area contributed by atoms with Crippen molar-refractivity contribution in [2.45, 2.75) is 5.41 Å². The van der Waals surface area contributed by atoms with E-state index in [1.54, 1.807) is 24.3 Å².